The van der Waals surface area contributed by atoms with Crippen LogP contribution in [0.25, 0.3) is 0 Å². The molecule has 0 aromatic heterocycles. The Hall–Kier alpha value is -1.82. The lowest BCUT2D eigenvalue weighted by molar-refractivity contribution is -0.131. The third-order valence-electron chi connectivity index (χ3n) is 3.25. The van der Waals surface area contributed by atoms with Crippen molar-refractivity contribution in [1.29, 1.82) is 0 Å². The van der Waals surface area contributed by atoms with Crippen molar-refractivity contribution in [1.82, 2.24) is 0 Å². The summed E-state index contributed by atoms with van der Waals surface area (Å²) in [6.45, 7) is 4.43. The zero-order chi connectivity index (χ0) is 15.6. The number of anilines is 1. The van der Waals surface area contributed by atoms with E-state index in [0.29, 0.717) is 18.0 Å². The molecule has 0 bridgehead atoms. The molecule has 112 valence electrons. The number of carbonyl (C=O) groups is 2. The van der Waals surface area contributed by atoms with Gasteiger partial charge < -0.3 is 14.7 Å². The Morgan fingerprint density at radius 2 is 2.14 bits per heavy atom. The van der Waals surface area contributed by atoms with Crippen molar-refractivity contribution < 1.29 is 19.4 Å². The van der Waals surface area contributed by atoms with Crippen LogP contribution in [0.3, 0.4) is 0 Å². The molecule has 0 saturated heterocycles. The molecule has 1 atom stereocenters. The number of carboxylic acids is 1. The molecule has 5 nitrogen and oxygen atoms in total. The third-order valence-corrected chi connectivity index (χ3v) is 3.87. The normalized spacial score (nSPS) is 17.7. The number of carbonyl (C=O) groups excluding carboxylic acids is 1. The second kappa shape index (κ2) is 6.30. The quantitative estimate of drug-likeness (QED) is 0.848. The van der Waals surface area contributed by atoms with Crippen molar-refractivity contribution in [2.75, 3.05) is 11.4 Å². The van der Waals surface area contributed by atoms with Gasteiger partial charge in [0, 0.05) is 12.2 Å². The van der Waals surface area contributed by atoms with E-state index in [-0.39, 0.29) is 17.9 Å². The summed E-state index contributed by atoms with van der Waals surface area (Å²) >= 11 is 3.42. The molecule has 1 N–H and O–H groups in total. The molecule has 0 aliphatic carbocycles. The molecule has 0 fully saturated rings. The summed E-state index contributed by atoms with van der Waals surface area (Å²) in [6.07, 6.45) is 1.77. The summed E-state index contributed by atoms with van der Waals surface area (Å²) in [6, 6.07) is 5.43. The predicted octanol–water partition coefficient (Wildman–Crippen LogP) is 2.84. The van der Waals surface area contributed by atoms with Gasteiger partial charge in [-0.15, -0.1) is 0 Å². The first-order chi connectivity index (χ1) is 9.90. The second-order valence-corrected chi connectivity index (χ2v) is 5.96. The van der Waals surface area contributed by atoms with Crippen LogP contribution in [0.5, 0.6) is 5.75 Å². The number of rotatable bonds is 3. The fourth-order valence-corrected chi connectivity index (χ4v) is 2.53. The van der Waals surface area contributed by atoms with E-state index in [0.717, 1.165) is 16.6 Å². The highest BCUT2D eigenvalue weighted by Crippen LogP contribution is 2.40. The topological polar surface area (TPSA) is 66.8 Å². The molecular weight excluding hydrogens is 338 g/mol. The first kappa shape index (κ1) is 15.6. The molecule has 21 heavy (non-hydrogen) atoms. The summed E-state index contributed by atoms with van der Waals surface area (Å²) in [5.74, 6) is -0.680. The Bertz CT molecular complexity index is 597. The van der Waals surface area contributed by atoms with Crippen LogP contribution in [0.1, 0.15) is 13.8 Å². The smallest absolute Gasteiger partial charge is 0.328 e. The number of benzene rings is 1. The number of para-hydroxylation sites is 1. The van der Waals surface area contributed by atoms with Gasteiger partial charge in [-0.05, 0) is 34.0 Å². The molecule has 1 amide bonds. The molecule has 1 heterocycles. The SMILES string of the molecule is CC(C)C1CN(C(=O)/C=C/C(=O)O)c2cccc(Br)c2O1. The van der Waals surface area contributed by atoms with Crippen LogP contribution < -0.4 is 9.64 Å². The van der Waals surface area contributed by atoms with E-state index < -0.39 is 5.97 Å². The van der Waals surface area contributed by atoms with E-state index in [1.165, 1.54) is 0 Å². The first-order valence-electron chi connectivity index (χ1n) is 6.58. The molecule has 1 aromatic rings. The average Bonchev–Trinajstić information content (AvgIpc) is 2.44. The number of nitrogens with zero attached hydrogens (tertiary/aromatic N) is 1. The molecule has 1 aliphatic rings. The Balaban J connectivity index is 2.39. The van der Waals surface area contributed by atoms with E-state index in [2.05, 4.69) is 15.9 Å². The van der Waals surface area contributed by atoms with Crippen molar-refractivity contribution in [3.8, 4) is 5.75 Å². The van der Waals surface area contributed by atoms with Crippen LogP contribution in [-0.2, 0) is 9.59 Å². The highest BCUT2D eigenvalue weighted by Gasteiger charge is 2.31. The van der Waals surface area contributed by atoms with Crippen LogP contribution >= 0.6 is 15.9 Å². The molecule has 0 saturated carbocycles. The number of aliphatic carboxylic acids is 1. The average molecular weight is 354 g/mol. The highest BCUT2D eigenvalue weighted by atomic mass is 79.9. The van der Waals surface area contributed by atoms with Crippen LogP contribution in [0.15, 0.2) is 34.8 Å². The highest BCUT2D eigenvalue weighted by molar-refractivity contribution is 9.10. The summed E-state index contributed by atoms with van der Waals surface area (Å²) < 4.78 is 6.72. The minimum atomic E-state index is -1.15. The maximum absolute atomic E-state index is 12.2. The van der Waals surface area contributed by atoms with E-state index >= 15 is 0 Å². The fraction of sp³-hybridized carbons (Fsp3) is 0.333. The lowest BCUT2D eigenvalue weighted by atomic mass is 10.0. The van der Waals surface area contributed by atoms with E-state index in [1.807, 2.05) is 26.0 Å². The van der Waals surface area contributed by atoms with Gasteiger partial charge in [0.1, 0.15) is 6.10 Å². The van der Waals surface area contributed by atoms with Gasteiger partial charge in [-0.25, -0.2) is 4.79 Å². The van der Waals surface area contributed by atoms with Gasteiger partial charge in [0.05, 0.1) is 16.7 Å². The Morgan fingerprint density at radius 1 is 1.43 bits per heavy atom. The fourth-order valence-electron chi connectivity index (χ4n) is 2.08. The van der Waals surface area contributed by atoms with Crippen LogP contribution in [0.4, 0.5) is 5.69 Å². The molecule has 2 rings (SSSR count). The van der Waals surface area contributed by atoms with Gasteiger partial charge in [0.25, 0.3) is 5.91 Å². The largest absolute Gasteiger partial charge is 0.485 e. The number of carboxylic acid groups (broad SMARTS) is 1. The van der Waals surface area contributed by atoms with Crippen LogP contribution in [-0.4, -0.2) is 29.6 Å². The van der Waals surface area contributed by atoms with Crippen LogP contribution in [0.2, 0.25) is 0 Å². The van der Waals surface area contributed by atoms with E-state index in [4.69, 9.17) is 9.84 Å². The predicted molar refractivity (Wildman–Crippen MR) is 82.5 cm³/mol. The van der Waals surface area contributed by atoms with Crippen LogP contribution in [0, 0.1) is 5.92 Å². The monoisotopic (exact) mass is 353 g/mol. The standard InChI is InChI=1S/C15H16BrNO4/c1-9(2)12-8-17(13(18)6-7-14(19)20)11-5-3-4-10(16)15(11)21-12/h3-7,9,12H,8H2,1-2H3,(H,19,20)/b7-6+. The molecule has 1 unspecified atom stereocenters. The maximum Gasteiger partial charge on any atom is 0.328 e. The second-order valence-electron chi connectivity index (χ2n) is 5.11. The Morgan fingerprint density at radius 3 is 2.76 bits per heavy atom. The lowest BCUT2D eigenvalue weighted by Gasteiger charge is -2.36. The molecule has 6 heteroatoms. The van der Waals surface area contributed by atoms with Crippen molar-refractivity contribution in [3.63, 3.8) is 0 Å². The molecule has 1 aliphatic heterocycles. The maximum atomic E-state index is 12.2. The van der Waals surface area contributed by atoms with Gasteiger partial charge in [0.2, 0.25) is 0 Å². The molecule has 1 aromatic carbocycles. The number of halogens is 1. The number of fused-ring (bicyclic) bond motifs is 1. The van der Waals surface area contributed by atoms with Crippen molar-refractivity contribution in [2.24, 2.45) is 5.92 Å². The first-order valence-corrected chi connectivity index (χ1v) is 7.37. The molecular formula is C15H16BrNO4. The molecule has 0 radical (unpaired) electrons. The third kappa shape index (κ3) is 3.44. The summed E-state index contributed by atoms with van der Waals surface area (Å²) in [5.41, 5.74) is 0.640. The summed E-state index contributed by atoms with van der Waals surface area (Å²) in [7, 11) is 0. The van der Waals surface area contributed by atoms with Gasteiger partial charge in [-0.2, -0.15) is 0 Å². The lowest BCUT2D eigenvalue weighted by Crippen LogP contribution is -2.45. The van der Waals surface area contributed by atoms with E-state index in [1.54, 1.807) is 11.0 Å². The number of hydrogen-bond acceptors (Lipinski definition) is 3. The van der Waals surface area contributed by atoms with E-state index in [9.17, 15) is 9.59 Å². The van der Waals surface area contributed by atoms with Gasteiger partial charge >= 0.3 is 5.97 Å². The number of ether oxygens (including phenoxy) is 1. The van der Waals surface area contributed by atoms with Gasteiger partial charge in [0.15, 0.2) is 5.75 Å². The zero-order valence-electron chi connectivity index (χ0n) is 11.7. The van der Waals surface area contributed by atoms with Gasteiger partial charge in [-0.1, -0.05) is 19.9 Å². The summed E-state index contributed by atoms with van der Waals surface area (Å²) in [4.78, 5) is 24.4. The van der Waals surface area contributed by atoms with Crippen molar-refractivity contribution >= 4 is 33.5 Å². The van der Waals surface area contributed by atoms with Gasteiger partial charge in [-0.3, -0.25) is 4.79 Å². The minimum Gasteiger partial charge on any atom is -0.485 e. The number of amides is 1. The number of hydrogen-bond donors (Lipinski definition) is 1. The van der Waals surface area contributed by atoms with Crippen molar-refractivity contribution in [2.45, 2.75) is 20.0 Å². The Labute approximate surface area is 131 Å². The Kier molecular flexibility index (Phi) is 4.67. The van der Waals surface area contributed by atoms with Crippen molar-refractivity contribution in [3.05, 3.63) is 34.8 Å². The zero-order valence-corrected chi connectivity index (χ0v) is 13.3. The summed E-state index contributed by atoms with van der Waals surface area (Å²) in [5, 5.41) is 8.65. The molecule has 0 spiro atoms. The minimum absolute atomic E-state index is 0.140.